The number of benzene rings is 1. The average molecular weight is 342 g/mol. The lowest BCUT2D eigenvalue weighted by molar-refractivity contribution is -0.134. The van der Waals surface area contributed by atoms with Crippen LogP contribution in [0.25, 0.3) is 0 Å². The standard InChI is InChI=1S/C21H27FN2O/c1-2-3-4-5-6-12-20(25)24-15-14-23-13-8-11-19(23)21(24)17-9-7-10-18(22)16-17/h7-11,13,16,21H,2-6,12,14-15H2,1H3. The number of fused-ring (bicyclic) bond motifs is 1. The number of carbonyl (C=O) groups excluding carboxylic acids is 1. The minimum absolute atomic E-state index is 0.179. The van der Waals surface area contributed by atoms with Crippen molar-refractivity contribution < 1.29 is 9.18 Å². The average Bonchev–Trinajstić information content (AvgIpc) is 3.09. The molecule has 0 aliphatic carbocycles. The molecule has 3 rings (SSSR count). The minimum Gasteiger partial charge on any atom is -0.348 e. The van der Waals surface area contributed by atoms with E-state index in [-0.39, 0.29) is 17.8 Å². The highest BCUT2D eigenvalue weighted by Gasteiger charge is 2.31. The Morgan fingerprint density at radius 2 is 1.96 bits per heavy atom. The van der Waals surface area contributed by atoms with Crippen molar-refractivity contribution in [2.45, 2.75) is 58.0 Å². The zero-order valence-electron chi connectivity index (χ0n) is 15.0. The predicted molar refractivity (Wildman–Crippen MR) is 97.8 cm³/mol. The molecule has 25 heavy (non-hydrogen) atoms. The number of nitrogens with zero attached hydrogens (tertiary/aromatic N) is 2. The molecular weight excluding hydrogens is 315 g/mol. The Kier molecular flexibility index (Phi) is 5.90. The van der Waals surface area contributed by atoms with Crippen LogP contribution in [0.5, 0.6) is 0 Å². The summed E-state index contributed by atoms with van der Waals surface area (Å²) in [6, 6.07) is 10.5. The lowest BCUT2D eigenvalue weighted by Gasteiger charge is -2.37. The van der Waals surface area contributed by atoms with Gasteiger partial charge in [-0.25, -0.2) is 4.39 Å². The number of amides is 1. The van der Waals surface area contributed by atoms with Gasteiger partial charge in [0, 0.05) is 31.4 Å². The van der Waals surface area contributed by atoms with Gasteiger partial charge in [0.05, 0.1) is 6.04 Å². The van der Waals surface area contributed by atoms with Crippen molar-refractivity contribution in [1.82, 2.24) is 9.47 Å². The van der Waals surface area contributed by atoms with Crippen molar-refractivity contribution in [2.24, 2.45) is 0 Å². The fourth-order valence-electron chi connectivity index (χ4n) is 3.70. The first-order valence-electron chi connectivity index (χ1n) is 9.40. The molecule has 1 amide bonds. The summed E-state index contributed by atoms with van der Waals surface area (Å²) in [6.07, 6.45) is 8.29. The number of hydrogen-bond acceptors (Lipinski definition) is 1. The van der Waals surface area contributed by atoms with E-state index in [1.807, 2.05) is 29.3 Å². The van der Waals surface area contributed by atoms with E-state index < -0.39 is 0 Å². The third kappa shape index (κ3) is 4.12. The van der Waals surface area contributed by atoms with Crippen LogP contribution in [0.3, 0.4) is 0 Å². The first kappa shape index (κ1) is 17.7. The highest BCUT2D eigenvalue weighted by molar-refractivity contribution is 5.77. The molecule has 1 aromatic carbocycles. The van der Waals surface area contributed by atoms with Gasteiger partial charge in [0.2, 0.25) is 5.91 Å². The third-order valence-corrected chi connectivity index (χ3v) is 5.02. The van der Waals surface area contributed by atoms with Gasteiger partial charge >= 0.3 is 0 Å². The summed E-state index contributed by atoms with van der Waals surface area (Å²) in [6.45, 7) is 3.67. The van der Waals surface area contributed by atoms with Gasteiger partial charge in [0.15, 0.2) is 0 Å². The van der Waals surface area contributed by atoms with E-state index in [9.17, 15) is 9.18 Å². The second kappa shape index (κ2) is 8.32. The number of hydrogen-bond donors (Lipinski definition) is 0. The summed E-state index contributed by atoms with van der Waals surface area (Å²) in [7, 11) is 0. The summed E-state index contributed by atoms with van der Waals surface area (Å²) < 4.78 is 15.9. The minimum atomic E-state index is -0.256. The maximum Gasteiger partial charge on any atom is 0.223 e. The topological polar surface area (TPSA) is 25.2 Å². The van der Waals surface area contributed by atoms with E-state index in [0.717, 1.165) is 30.6 Å². The van der Waals surface area contributed by atoms with Crippen LogP contribution in [-0.4, -0.2) is 21.9 Å². The molecule has 1 aliphatic heterocycles. The molecule has 0 saturated carbocycles. The van der Waals surface area contributed by atoms with Crippen LogP contribution in [-0.2, 0) is 11.3 Å². The Morgan fingerprint density at radius 1 is 1.12 bits per heavy atom. The van der Waals surface area contributed by atoms with Crippen LogP contribution in [0.1, 0.15) is 62.7 Å². The molecule has 0 saturated heterocycles. The fourth-order valence-corrected chi connectivity index (χ4v) is 3.70. The lowest BCUT2D eigenvalue weighted by Crippen LogP contribution is -2.42. The number of halogens is 1. The van der Waals surface area contributed by atoms with Gasteiger partial charge in [0.25, 0.3) is 0 Å². The maximum absolute atomic E-state index is 13.8. The van der Waals surface area contributed by atoms with Gasteiger partial charge in [0.1, 0.15) is 5.82 Å². The van der Waals surface area contributed by atoms with Crippen molar-refractivity contribution in [3.05, 3.63) is 59.7 Å². The highest BCUT2D eigenvalue weighted by atomic mass is 19.1. The molecular formula is C21H27FN2O. The molecule has 0 bridgehead atoms. The monoisotopic (exact) mass is 342 g/mol. The van der Waals surface area contributed by atoms with Crippen LogP contribution in [0.2, 0.25) is 0 Å². The van der Waals surface area contributed by atoms with Crippen LogP contribution in [0.4, 0.5) is 4.39 Å². The Bertz CT molecular complexity index is 709. The van der Waals surface area contributed by atoms with E-state index in [0.29, 0.717) is 13.0 Å². The second-order valence-corrected chi connectivity index (χ2v) is 6.84. The van der Waals surface area contributed by atoms with Crippen molar-refractivity contribution >= 4 is 5.91 Å². The van der Waals surface area contributed by atoms with Crippen molar-refractivity contribution in [1.29, 1.82) is 0 Å². The number of rotatable bonds is 7. The smallest absolute Gasteiger partial charge is 0.223 e. The number of carbonyl (C=O) groups is 1. The first-order valence-corrected chi connectivity index (χ1v) is 9.40. The summed E-state index contributed by atoms with van der Waals surface area (Å²) in [5.74, 6) is -0.0775. The van der Waals surface area contributed by atoms with Gasteiger partial charge in [-0.1, -0.05) is 44.7 Å². The number of unbranched alkanes of at least 4 members (excludes halogenated alkanes) is 4. The Hall–Kier alpha value is -2.10. The molecule has 0 spiro atoms. The van der Waals surface area contributed by atoms with Gasteiger partial charge in [-0.15, -0.1) is 0 Å². The van der Waals surface area contributed by atoms with Gasteiger partial charge in [-0.2, -0.15) is 0 Å². The van der Waals surface area contributed by atoms with Gasteiger partial charge in [-0.3, -0.25) is 4.79 Å². The normalized spacial score (nSPS) is 16.7. The molecule has 1 aromatic heterocycles. The molecule has 4 heteroatoms. The Labute approximate surface area is 149 Å². The van der Waals surface area contributed by atoms with Crippen LogP contribution < -0.4 is 0 Å². The Balaban J connectivity index is 1.76. The van der Waals surface area contributed by atoms with E-state index >= 15 is 0 Å². The molecule has 0 radical (unpaired) electrons. The molecule has 2 aromatic rings. The quantitative estimate of drug-likeness (QED) is 0.656. The van der Waals surface area contributed by atoms with Gasteiger partial charge < -0.3 is 9.47 Å². The summed E-state index contributed by atoms with van der Waals surface area (Å²) in [5, 5.41) is 0. The van der Waals surface area contributed by atoms with Crippen molar-refractivity contribution in [2.75, 3.05) is 6.54 Å². The van der Waals surface area contributed by atoms with Crippen LogP contribution >= 0.6 is 0 Å². The largest absolute Gasteiger partial charge is 0.348 e. The molecule has 3 nitrogen and oxygen atoms in total. The molecule has 0 fully saturated rings. The predicted octanol–water partition coefficient (Wildman–Crippen LogP) is 4.92. The summed E-state index contributed by atoms with van der Waals surface area (Å²) in [5.41, 5.74) is 1.91. The molecule has 1 aliphatic rings. The molecule has 134 valence electrons. The zero-order chi connectivity index (χ0) is 17.6. The number of aromatic nitrogens is 1. The van der Waals surface area contributed by atoms with E-state index in [2.05, 4.69) is 11.5 Å². The first-order chi connectivity index (χ1) is 12.2. The molecule has 0 N–H and O–H groups in total. The van der Waals surface area contributed by atoms with Crippen LogP contribution in [0.15, 0.2) is 42.6 Å². The van der Waals surface area contributed by atoms with Crippen molar-refractivity contribution in [3.63, 3.8) is 0 Å². The van der Waals surface area contributed by atoms with Crippen molar-refractivity contribution in [3.8, 4) is 0 Å². The molecule has 1 atom stereocenters. The van der Waals surface area contributed by atoms with E-state index in [1.165, 1.54) is 25.3 Å². The summed E-state index contributed by atoms with van der Waals surface area (Å²) >= 11 is 0. The Morgan fingerprint density at radius 3 is 2.76 bits per heavy atom. The SMILES string of the molecule is CCCCCCCC(=O)N1CCn2cccc2C1c1cccc(F)c1. The molecule has 2 heterocycles. The second-order valence-electron chi connectivity index (χ2n) is 6.84. The fraction of sp³-hybridized carbons (Fsp3) is 0.476. The molecule has 1 unspecified atom stereocenters. The zero-order valence-corrected chi connectivity index (χ0v) is 15.0. The van der Waals surface area contributed by atoms with E-state index in [1.54, 1.807) is 12.1 Å². The maximum atomic E-state index is 13.8. The lowest BCUT2D eigenvalue weighted by atomic mass is 9.99. The van der Waals surface area contributed by atoms with Gasteiger partial charge in [-0.05, 0) is 36.2 Å². The van der Waals surface area contributed by atoms with E-state index in [4.69, 9.17) is 0 Å². The summed E-state index contributed by atoms with van der Waals surface area (Å²) in [4.78, 5) is 14.8. The van der Waals surface area contributed by atoms with Crippen LogP contribution in [0, 0.1) is 5.82 Å². The highest BCUT2D eigenvalue weighted by Crippen LogP contribution is 2.33. The third-order valence-electron chi connectivity index (χ3n) is 5.02.